The molecule has 1 unspecified atom stereocenters. The molecule has 2 N–H and O–H groups in total. The van der Waals surface area contributed by atoms with E-state index in [2.05, 4.69) is 46.5 Å². The van der Waals surface area contributed by atoms with Crippen LogP contribution in [0.3, 0.4) is 0 Å². The fraction of sp³-hybridized carbons (Fsp3) is 0.545. The van der Waals surface area contributed by atoms with E-state index in [1.54, 1.807) is 18.4 Å². The summed E-state index contributed by atoms with van der Waals surface area (Å²) in [4.78, 5) is 13.1. The number of nitrogens with zero attached hydrogens (tertiary/aromatic N) is 3. The third kappa shape index (κ3) is 5.93. The van der Waals surface area contributed by atoms with Gasteiger partial charge >= 0.3 is 0 Å². The van der Waals surface area contributed by atoms with Crippen molar-refractivity contribution in [1.82, 2.24) is 20.5 Å². The van der Waals surface area contributed by atoms with Gasteiger partial charge in [0.05, 0.1) is 30.4 Å². The number of benzene rings is 1. The Bertz CT molecular complexity index is 796. The number of ether oxygens (including phenoxy) is 1. The summed E-state index contributed by atoms with van der Waals surface area (Å²) in [5.74, 6) is 1.75. The molecule has 0 bridgehead atoms. The van der Waals surface area contributed by atoms with E-state index in [1.807, 2.05) is 19.1 Å². The van der Waals surface area contributed by atoms with Crippen LogP contribution in [0.5, 0.6) is 5.75 Å². The van der Waals surface area contributed by atoms with Gasteiger partial charge in [-0.05, 0) is 64.4 Å². The lowest BCUT2D eigenvalue weighted by Crippen LogP contribution is -2.42. The van der Waals surface area contributed by atoms with E-state index in [0.717, 1.165) is 48.6 Å². The molecule has 0 amide bonds. The van der Waals surface area contributed by atoms with Crippen molar-refractivity contribution in [2.24, 2.45) is 4.99 Å². The Hall–Kier alpha value is -2.12. The zero-order chi connectivity index (χ0) is 20.6. The topological polar surface area (TPSA) is 61.8 Å². The van der Waals surface area contributed by atoms with Crippen molar-refractivity contribution < 1.29 is 4.74 Å². The zero-order valence-electron chi connectivity index (χ0n) is 18.0. The summed E-state index contributed by atoms with van der Waals surface area (Å²) < 4.78 is 5.33. The van der Waals surface area contributed by atoms with Crippen LogP contribution >= 0.6 is 11.3 Å². The molecule has 0 aliphatic carbocycles. The van der Waals surface area contributed by atoms with Gasteiger partial charge in [0.25, 0.3) is 0 Å². The summed E-state index contributed by atoms with van der Waals surface area (Å²) in [6.45, 7) is 10.8. The molecule has 2 aromatic rings. The van der Waals surface area contributed by atoms with E-state index in [0.29, 0.717) is 12.6 Å². The summed E-state index contributed by atoms with van der Waals surface area (Å²) in [5.41, 5.74) is 2.39. The molecule has 3 rings (SSSR count). The molecule has 0 spiro atoms. The van der Waals surface area contributed by atoms with Crippen LogP contribution in [-0.2, 0) is 6.54 Å². The number of hydrogen-bond donors (Lipinski definition) is 2. The van der Waals surface area contributed by atoms with Crippen LogP contribution in [0.2, 0.25) is 0 Å². The van der Waals surface area contributed by atoms with Gasteiger partial charge in [0, 0.05) is 18.0 Å². The summed E-state index contributed by atoms with van der Waals surface area (Å²) in [6, 6.07) is 8.77. The highest BCUT2D eigenvalue weighted by molar-refractivity contribution is 7.11. The number of aryl methyl sites for hydroxylation is 2. The van der Waals surface area contributed by atoms with Crippen molar-refractivity contribution in [1.29, 1.82) is 0 Å². The van der Waals surface area contributed by atoms with Gasteiger partial charge in [0.2, 0.25) is 0 Å². The summed E-state index contributed by atoms with van der Waals surface area (Å²) in [5, 5.41) is 8.05. The van der Waals surface area contributed by atoms with Gasteiger partial charge in [-0.2, -0.15) is 0 Å². The molecule has 6 nitrogen and oxygen atoms in total. The lowest BCUT2D eigenvalue weighted by Gasteiger charge is -2.29. The van der Waals surface area contributed by atoms with E-state index in [4.69, 9.17) is 9.73 Å². The lowest BCUT2D eigenvalue weighted by molar-refractivity contribution is 0.245. The number of aliphatic imine (C=N–C) groups is 1. The molecular formula is C22H33N5OS. The number of likely N-dealkylation sites (tertiary alicyclic amines) is 1. The van der Waals surface area contributed by atoms with Crippen molar-refractivity contribution in [3.05, 3.63) is 45.4 Å². The summed E-state index contributed by atoms with van der Waals surface area (Å²) in [7, 11) is 1.71. The fourth-order valence-electron chi connectivity index (χ4n) is 3.74. The molecule has 1 saturated heterocycles. The molecule has 7 heteroatoms. The Labute approximate surface area is 178 Å². The lowest BCUT2D eigenvalue weighted by atomic mass is 10.1. The van der Waals surface area contributed by atoms with E-state index in [1.165, 1.54) is 23.3 Å². The first kappa shape index (κ1) is 21.6. The molecule has 158 valence electrons. The van der Waals surface area contributed by atoms with Gasteiger partial charge in [-0.15, -0.1) is 11.3 Å². The Morgan fingerprint density at radius 1 is 1.21 bits per heavy atom. The maximum Gasteiger partial charge on any atom is 0.191 e. The van der Waals surface area contributed by atoms with E-state index in [9.17, 15) is 0 Å². The van der Waals surface area contributed by atoms with Crippen LogP contribution in [0, 0.1) is 13.8 Å². The number of nitrogens with one attached hydrogen (secondary N) is 2. The van der Waals surface area contributed by atoms with E-state index < -0.39 is 0 Å². The first-order valence-electron chi connectivity index (χ1n) is 10.4. The molecule has 0 radical (unpaired) electrons. The number of thiazole rings is 1. The minimum absolute atomic E-state index is 0.319. The third-order valence-electron chi connectivity index (χ3n) is 5.27. The highest BCUT2D eigenvalue weighted by atomic mass is 32.1. The Kier molecular flexibility index (Phi) is 7.89. The fourth-order valence-corrected chi connectivity index (χ4v) is 4.60. The van der Waals surface area contributed by atoms with E-state index >= 15 is 0 Å². The summed E-state index contributed by atoms with van der Waals surface area (Å²) >= 11 is 1.73. The Morgan fingerprint density at radius 2 is 1.93 bits per heavy atom. The molecular weight excluding hydrogens is 382 g/mol. The van der Waals surface area contributed by atoms with Crippen LogP contribution in [0.25, 0.3) is 0 Å². The average molecular weight is 416 g/mol. The average Bonchev–Trinajstić information content (AvgIpc) is 3.36. The maximum absolute atomic E-state index is 5.33. The van der Waals surface area contributed by atoms with Gasteiger partial charge in [0.15, 0.2) is 5.96 Å². The van der Waals surface area contributed by atoms with Crippen molar-refractivity contribution in [2.75, 3.05) is 33.3 Å². The first-order chi connectivity index (χ1) is 14.1. The normalized spacial score (nSPS) is 16.1. The third-order valence-corrected chi connectivity index (χ3v) is 6.33. The molecule has 1 fully saturated rings. The van der Waals surface area contributed by atoms with E-state index in [-0.39, 0.29) is 0 Å². The Balaban J connectivity index is 1.70. The maximum atomic E-state index is 5.33. The molecule has 1 atom stereocenters. The number of rotatable bonds is 8. The summed E-state index contributed by atoms with van der Waals surface area (Å²) in [6.07, 6.45) is 2.54. The molecule has 1 aromatic heterocycles. The molecule has 1 aliphatic rings. The quantitative estimate of drug-likeness (QED) is 0.509. The second-order valence-electron chi connectivity index (χ2n) is 7.35. The smallest absolute Gasteiger partial charge is 0.191 e. The van der Waals surface area contributed by atoms with Crippen molar-refractivity contribution in [2.45, 2.75) is 46.2 Å². The monoisotopic (exact) mass is 415 g/mol. The minimum atomic E-state index is 0.319. The molecule has 29 heavy (non-hydrogen) atoms. The largest absolute Gasteiger partial charge is 0.497 e. The van der Waals surface area contributed by atoms with Crippen LogP contribution in [0.15, 0.2) is 29.3 Å². The van der Waals surface area contributed by atoms with Gasteiger partial charge in [-0.25, -0.2) is 9.98 Å². The van der Waals surface area contributed by atoms with Crippen molar-refractivity contribution in [3.63, 3.8) is 0 Å². The molecule has 2 heterocycles. The highest BCUT2D eigenvalue weighted by Crippen LogP contribution is 2.26. The van der Waals surface area contributed by atoms with Gasteiger partial charge in [-0.1, -0.05) is 12.1 Å². The molecule has 1 aromatic carbocycles. The van der Waals surface area contributed by atoms with Crippen LogP contribution in [-0.4, -0.2) is 49.1 Å². The second kappa shape index (κ2) is 10.6. The SMILES string of the molecule is CCNC(=NCc1sc(C)nc1C)NCC(c1ccc(OC)cc1)N1CCCC1. The number of hydrogen-bond acceptors (Lipinski definition) is 5. The van der Waals surface area contributed by atoms with Gasteiger partial charge in [-0.3, -0.25) is 4.90 Å². The van der Waals surface area contributed by atoms with Crippen LogP contribution in [0.1, 0.15) is 46.9 Å². The van der Waals surface area contributed by atoms with Crippen molar-refractivity contribution in [3.8, 4) is 5.75 Å². The van der Waals surface area contributed by atoms with Gasteiger partial charge in [0.1, 0.15) is 5.75 Å². The van der Waals surface area contributed by atoms with Crippen LogP contribution in [0.4, 0.5) is 0 Å². The number of guanidine groups is 1. The predicted molar refractivity (Wildman–Crippen MR) is 121 cm³/mol. The van der Waals surface area contributed by atoms with Gasteiger partial charge < -0.3 is 15.4 Å². The Morgan fingerprint density at radius 3 is 2.52 bits per heavy atom. The highest BCUT2D eigenvalue weighted by Gasteiger charge is 2.23. The predicted octanol–water partition coefficient (Wildman–Crippen LogP) is 3.66. The minimum Gasteiger partial charge on any atom is -0.497 e. The number of methoxy groups -OCH3 is 1. The molecule has 1 aliphatic heterocycles. The van der Waals surface area contributed by atoms with Crippen molar-refractivity contribution >= 4 is 17.3 Å². The second-order valence-corrected chi connectivity index (χ2v) is 8.64. The zero-order valence-corrected chi connectivity index (χ0v) is 18.8. The standard InChI is InChI=1S/C22H33N5OS/c1-5-23-22(25-15-21-16(2)26-17(3)29-21)24-14-20(27-12-6-7-13-27)18-8-10-19(28-4)11-9-18/h8-11,20H,5-7,12-15H2,1-4H3,(H2,23,24,25). The molecule has 0 saturated carbocycles. The van der Waals surface area contributed by atoms with Crippen LogP contribution < -0.4 is 15.4 Å². The first-order valence-corrected chi connectivity index (χ1v) is 11.3. The number of aromatic nitrogens is 1.